The van der Waals surface area contributed by atoms with Crippen LogP contribution in [0, 0.1) is 0 Å². The monoisotopic (exact) mass is 359 g/mol. The summed E-state index contributed by atoms with van der Waals surface area (Å²) in [5, 5.41) is 14.5. The van der Waals surface area contributed by atoms with E-state index in [9.17, 15) is 14.7 Å². The van der Waals surface area contributed by atoms with E-state index in [-0.39, 0.29) is 24.5 Å². The summed E-state index contributed by atoms with van der Waals surface area (Å²) in [6.45, 7) is 0.0421. The second-order valence-corrected chi connectivity index (χ2v) is 5.54. The number of ether oxygens (including phenoxy) is 2. The van der Waals surface area contributed by atoms with Crippen LogP contribution in [0.1, 0.15) is 29.4 Å². The first-order valence-electron chi connectivity index (χ1n) is 7.75. The van der Waals surface area contributed by atoms with Crippen molar-refractivity contribution in [1.29, 1.82) is 0 Å². The zero-order chi connectivity index (χ0) is 18.7. The van der Waals surface area contributed by atoms with E-state index in [0.29, 0.717) is 11.2 Å². The molecular weight excluding hydrogens is 342 g/mol. The molecule has 0 saturated heterocycles. The number of aromatic hydroxyl groups is 1. The van der Waals surface area contributed by atoms with Crippen LogP contribution in [0.5, 0.6) is 5.75 Å². The van der Waals surface area contributed by atoms with Gasteiger partial charge in [0.1, 0.15) is 12.4 Å². The van der Waals surface area contributed by atoms with Gasteiger partial charge in [-0.05, 0) is 6.07 Å². The third-order valence-corrected chi connectivity index (χ3v) is 3.88. The van der Waals surface area contributed by atoms with Gasteiger partial charge in [0.25, 0.3) is 0 Å². The summed E-state index contributed by atoms with van der Waals surface area (Å²) < 4.78 is 16.9. The van der Waals surface area contributed by atoms with E-state index in [1.807, 2.05) is 0 Å². The van der Waals surface area contributed by atoms with Crippen molar-refractivity contribution in [2.24, 2.45) is 0 Å². The fraction of sp³-hybridized carbons (Fsp3) is 0.294. The fourth-order valence-corrected chi connectivity index (χ4v) is 2.69. The Morgan fingerprint density at radius 2 is 2.23 bits per heavy atom. The van der Waals surface area contributed by atoms with E-state index in [1.165, 1.54) is 24.9 Å². The van der Waals surface area contributed by atoms with Crippen LogP contribution in [0.3, 0.4) is 0 Å². The maximum absolute atomic E-state index is 12.1. The van der Waals surface area contributed by atoms with Gasteiger partial charge < -0.3 is 19.0 Å². The van der Waals surface area contributed by atoms with Gasteiger partial charge in [0.05, 0.1) is 25.6 Å². The molecule has 0 aliphatic heterocycles. The molecule has 3 heterocycles. The summed E-state index contributed by atoms with van der Waals surface area (Å²) in [6.07, 6.45) is 4.62. The standard InChI is InChI=1S/C17H17N3O6/c1-24-9-10-6-13(21)15(23)16(26-10)11(7-14(22)25-2)12-8-19-20-5-3-4-18-17(12)20/h3-6,8,11,23H,7,9H2,1-2H3. The minimum atomic E-state index is -0.806. The van der Waals surface area contributed by atoms with E-state index in [0.717, 1.165) is 6.07 Å². The van der Waals surface area contributed by atoms with Crippen molar-refractivity contribution in [3.63, 3.8) is 0 Å². The molecule has 0 fully saturated rings. The van der Waals surface area contributed by atoms with E-state index in [4.69, 9.17) is 13.9 Å². The Bertz CT molecular complexity index is 994. The average molecular weight is 359 g/mol. The third kappa shape index (κ3) is 3.29. The normalized spacial score (nSPS) is 12.2. The first-order valence-corrected chi connectivity index (χ1v) is 7.75. The van der Waals surface area contributed by atoms with Gasteiger partial charge in [-0.3, -0.25) is 9.59 Å². The lowest BCUT2D eigenvalue weighted by atomic mass is 9.94. The predicted molar refractivity (Wildman–Crippen MR) is 88.8 cm³/mol. The smallest absolute Gasteiger partial charge is 0.306 e. The van der Waals surface area contributed by atoms with Crippen LogP contribution in [0.2, 0.25) is 0 Å². The summed E-state index contributed by atoms with van der Waals surface area (Å²) in [6, 6.07) is 2.85. The van der Waals surface area contributed by atoms with Crippen molar-refractivity contribution in [3.8, 4) is 5.75 Å². The Balaban J connectivity index is 2.19. The number of fused-ring (bicyclic) bond motifs is 1. The molecule has 3 rings (SSSR count). The molecule has 0 saturated carbocycles. The van der Waals surface area contributed by atoms with Crippen molar-refractivity contribution in [2.45, 2.75) is 18.9 Å². The number of methoxy groups -OCH3 is 2. The zero-order valence-electron chi connectivity index (χ0n) is 14.2. The molecule has 9 heteroatoms. The molecule has 136 valence electrons. The highest BCUT2D eigenvalue weighted by Crippen LogP contribution is 2.34. The zero-order valence-corrected chi connectivity index (χ0v) is 14.2. The lowest BCUT2D eigenvalue weighted by Crippen LogP contribution is -2.14. The molecule has 1 atom stereocenters. The molecular formula is C17H17N3O6. The number of hydrogen-bond donors (Lipinski definition) is 1. The third-order valence-electron chi connectivity index (χ3n) is 3.88. The molecule has 0 amide bonds. The Morgan fingerprint density at radius 1 is 1.42 bits per heavy atom. The molecule has 0 radical (unpaired) electrons. The van der Waals surface area contributed by atoms with Crippen molar-refractivity contribution < 1.29 is 23.8 Å². The fourth-order valence-electron chi connectivity index (χ4n) is 2.69. The summed E-state index contributed by atoms with van der Waals surface area (Å²) in [7, 11) is 2.71. The van der Waals surface area contributed by atoms with Crippen LogP contribution in [-0.4, -0.2) is 39.9 Å². The summed E-state index contributed by atoms with van der Waals surface area (Å²) in [5.74, 6) is -1.75. The van der Waals surface area contributed by atoms with Gasteiger partial charge in [0.2, 0.25) is 11.2 Å². The summed E-state index contributed by atoms with van der Waals surface area (Å²) >= 11 is 0. The number of esters is 1. The predicted octanol–water partition coefficient (Wildman–Crippen LogP) is 1.23. The topological polar surface area (TPSA) is 116 Å². The maximum Gasteiger partial charge on any atom is 0.306 e. The van der Waals surface area contributed by atoms with E-state index in [1.54, 1.807) is 18.5 Å². The van der Waals surface area contributed by atoms with Crippen LogP contribution in [0.15, 0.2) is 39.9 Å². The molecule has 9 nitrogen and oxygen atoms in total. The van der Waals surface area contributed by atoms with Crippen molar-refractivity contribution in [2.75, 3.05) is 14.2 Å². The van der Waals surface area contributed by atoms with E-state index in [2.05, 4.69) is 10.1 Å². The Hall–Kier alpha value is -3.20. The molecule has 0 spiro atoms. The maximum atomic E-state index is 12.1. The van der Waals surface area contributed by atoms with Crippen LogP contribution in [-0.2, 0) is 20.9 Å². The van der Waals surface area contributed by atoms with Gasteiger partial charge in [-0.25, -0.2) is 9.50 Å². The van der Waals surface area contributed by atoms with Crippen LogP contribution in [0.25, 0.3) is 5.65 Å². The average Bonchev–Trinajstić information content (AvgIpc) is 3.06. The lowest BCUT2D eigenvalue weighted by Gasteiger charge is -2.16. The van der Waals surface area contributed by atoms with Crippen molar-refractivity contribution in [1.82, 2.24) is 14.6 Å². The number of carbonyl (C=O) groups excluding carboxylic acids is 1. The van der Waals surface area contributed by atoms with E-state index < -0.39 is 23.1 Å². The molecule has 3 aromatic heterocycles. The molecule has 0 aromatic carbocycles. The number of carbonyl (C=O) groups is 1. The Morgan fingerprint density at radius 3 is 2.96 bits per heavy atom. The van der Waals surface area contributed by atoms with Crippen LogP contribution < -0.4 is 5.43 Å². The van der Waals surface area contributed by atoms with Gasteiger partial charge in [-0.1, -0.05) is 0 Å². The SMILES string of the molecule is COCc1cc(=O)c(O)c(C(CC(=O)OC)c2cnn3cccnc23)o1. The molecule has 1 N–H and O–H groups in total. The number of hydrogen-bond acceptors (Lipinski definition) is 8. The lowest BCUT2D eigenvalue weighted by molar-refractivity contribution is -0.140. The number of nitrogens with zero attached hydrogens (tertiary/aromatic N) is 3. The summed E-state index contributed by atoms with van der Waals surface area (Å²) in [5.41, 5.74) is 0.363. The highest BCUT2D eigenvalue weighted by atomic mass is 16.5. The highest BCUT2D eigenvalue weighted by Gasteiger charge is 2.29. The largest absolute Gasteiger partial charge is 0.502 e. The van der Waals surface area contributed by atoms with Gasteiger partial charge >= 0.3 is 5.97 Å². The highest BCUT2D eigenvalue weighted by molar-refractivity contribution is 5.72. The van der Waals surface area contributed by atoms with Gasteiger partial charge in [0.15, 0.2) is 11.4 Å². The quantitative estimate of drug-likeness (QED) is 0.653. The molecule has 26 heavy (non-hydrogen) atoms. The van der Waals surface area contributed by atoms with E-state index >= 15 is 0 Å². The molecule has 0 aliphatic rings. The van der Waals surface area contributed by atoms with Crippen LogP contribution >= 0.6 is 0 Å². The van der Waals surface area contributed by atoms with Gasteiger partial charge in [0, 0.05) is 31.1 Å². The second kappa shape index (κ2) is 7.36. The number of aromatic nitrogens is 3. The van der Waals surface area contributed by atoms with Crippen molar-refractivity contribution >= 4 is 11.6 Å². The summed E-state index contributed by atoms with van der Waals surface area (Å²) in [4.78, 5) is 28.3. The first kappa shape index (κ1) is 17.6. The minimum Gasteiger partial charge on any atom is -0.502 e. The second-order valence-electron chi connectivity index (χ2n) is 5.54. The first-order chi connectivity index (χ1) is 12.5. The molecule has 0 bridgehead atoms. The molecule has 3 aromatic rings. The van der Waals surface area contributed by atoms with Crippen molar-refractivity contribution in [3.05, 3.63) is 58.0 Å². The Labute approximate surface area is 147 Å². The molecule has 0 aliphatic carbocycles. The number of rotatable bonds is 6. The minimum absolute atomic E-state index is 0.0421. The molecule has 1 unspecified atom stereocenters. The Kier molecular flexibility index (Phi) is 4.99. The van der Waals surface area contributed by atoms with Gasteiger partial charge in [-0.15, -0.1) is 0 Å². The van der Waals surface area contributed by atoms with Gasteiger partial charge in [-0.2, -0.15) is 5.10 Å². The van der Waals surface area contributed by atoms with Crippen LogP contribution in [0.4, 0.5) is 0 Å².